The number of nitrogens with one attached hydrogen (secondary N) is 2. The van der Waals surface area contributed by atoms with Gasteiger partial charge in [-0.3, -0.25) is 4.79 Å². The molecule has 0 spiro atoms. The number of aryl methyl sites for hydroxylation is 2. The maximum absolute atomic E-state index is 12.0. The summed E-state index contributed by atoms with van der Waals surface area (Å²) in [5.74, 6) is -1.57. The van der Waals surface area contributed by atoms with Crippen molar-refractivity contribution in [2.45, 2.75) is 32.7 Å². The van der Waals surface area contributed by atoms with E-state index in [2.05, 4.69) is 15.6 Å². The van der Waals surface area contributed by atoms with Crippen LogP contribution in [0, 0.1) is 13.8 Å². The lowest BCUT2D eigenvalue weighted by atomic mass is 10.1. The van der Waals surface area contributed by atoms with Crippen LogP contribution in [0.4, 0.5) is 4.79 Å². The Labute approximate surface area is 125 Å². The van der Waals surface area contributed by atoms with Crippen LogP contribution in [0.25, 0.3) is 0 Å². The number of carbonyl (C=O) groups excluding carboxylic acids is 2. The highest BCUT2D eigenvalue weighted by molar-refractivity contribution is 7.13. The van der Waals surface area contributed by atoms with Crippen LogP contribution in [0.1, 0.15) is 33.2 Å². The van der Waals surface area contributed by atoms with Crippen molar-refractivity contribution in [1.82, 2.24) is 15.6 Å². The summed E-state index contributed by atoms with van der Waals surface area (Å²) in [7, 11) is 0. The topological polar surface area (TPSA) is 134 Å². The van der Waals surface area contributed by atoms with Crippen molar-refractivity contribution >= 4 is 29.2 Å². The van der Waals surface area contributed by atoms with Crippen molar-refractivity contribution in [2.24, 2.45) is 5.73 Å². The number of carboxylic acid groups (broad SMARTS) is 1. The minimum absolute atomic E-state index is 0.193. The molecule has 8 nitrogen and oxygen atoms in total. The maximum atomic E-state index is 12.0. The molecule has 0 radical (unpaired) electrons. The molecular formula is C12H18N4O4S. The zero-order valence-corrected chi connectivity index (χ0v) is 12.6. The lowest BCUT2D eigenvalue weighted by Gasteiger charge is -2.14. The van der Waals surface area contributed by atoms with E-state index in [1.807, 2.05) is 0 Å². The zero-order chi connectivity index (χ0) is 16.0. The molecule has 1 heterocycles. The fourth-order valence-electron chi connectivity index (χ4n) is 1.74. The van der Waals surface area contributed by atoms with Crippen LogP contribution in [0.15, 0.2) is 0 Å². The number of primary amides is 1. The number of urea groups is 1. The summed E-state index contributed by atoms with van der Waals surface area (Å²) >= 11 is 1.22. The van der Waals surface area contributed by atoms with E-state index in [1.165, 1.54) is 11.3 Å². The molecule has 0 bridgehead atoms. The zero-order valence-electron chi connectivity index (χ0n) is 11.8. The minimum atomic E-state index is -1.12. The highest BCUT2D eigenvalue weighted by Crippen LogP contribution is 2.17. The van der Waals surface area contributed by atoms with Gasteiger partial charge in [-0.2, -0.15) is 0 Å². The first-order valence-electron chi connectivity index (χ1n) is 6.32. The number of nitrogens with two attached hydrogens (primary N) is 1. The molecule has 1 rings (SSSR count). The van der Waals surface area contributed by atoms with E-state index in [4.69, 9.17) is 10.8 Å². The van der Waals surface area contributed by atoms with Gasteiger partial charge < -0.3 is 21.5 Å². The van der Waals surface area contributed by atoms with Gasteiger partial charge in [-0.1, -0.05) is 0 Å². The molecule has 0 aromatic carbocycles. The molecule has 0 saturated heterocycles. The normalized spacial score (nSPS) is 11.7. The Morgan fingerprint density at radius 2 is 2.05 bits per heavy atom. The standard InChI is InChI=1S/C12H18N4O4S/c1-6-9(21-7(2)15-6)10(17)16-8(11(18)19)4-3-5-14-12(13)20/h8H,3-5H2,1-2H3,(H,16,17)(H,18,19)(H3,13,14,20). The predicted molar refractivity (Wildman–Crippen MR) is 77.3 cm³/mol. The number of rotatable bonds is 7. The van der Waals surface area contributed by atoms with Gasteiger partial charge in [0.15, 0.2) is 0 Å². The highest BCUT2D eigenvalue weighted by Gasteiger charge is 2.22. The van der Waals surface area contributed by atoms with Gasteiger partial charge in [0, 0.05) is 6.54 Å². The van der Waals surface area contributed by atoms with Gasteiger partial charge in [0.05, 0.1) is 10.7 Å². The van der Waals surface area contributed by atoms with Gasteiger partial charge in [0.25, 0.3) is 5.91 Å². The van der Waals surface area contributed by atoms with E-state index in [-0.39, 0.29) is 13.0 Å². The Bertz CT molecular complexity index is 543. The van der Waals surface area contributed by atoms with Crippen molar-refractivity contribution in [3.63, 3.8) is 0 Å². The number of hydrogen-bond acceptors (Lipinski definition) is 5. The molecule has 9 heteroatoms. The molecule has 116 valence electrons. The van der Waals surface area contributed by atoms with Crippen LogP contribution < -0.4 is 16.4 Å². The number of hydrogen-bond donors (Lipinski definition) is 4. The van der Waals surface area contributed by atoms with E-state index < -0.39 is 23.9 Å². The first kappa shape index (κ1) is 16.9. The van der Waals surface area contributed by atoms with Gasteiger partial charge >= 0.3 is 12.0 Å². The lowest BCUT2D eigenvalue weighted by Crippen LogP contribution is -2.41. The summed E-state index contributed by atoms with van der Waals surface area (Å²) in [5.41, 5.74) is 5.48. The number of carbonyl (C=O) groups is 3. The van der Waals surface area contributed by atoms with Gasteiger partial charge in [0.1, 0.15) is 10.9 Å². The monoisotopic (exact) mass is 314 g/mol. The highest BCUT2D eigenvalue weighted by atomic mass is 32.1. The van der Waals surface area contributed by atoms with E-state index in [0.717, 1.165) is 5.01 Å². The van der Waals surface area contributed by atoms with Crippen molar-refractivity contribution < 1.29 is 19.5 Å². The van der Waals surface area contributed by atoms with E-state index in [9.17, 15) is 14.4 Å². The van der Waals surface area contributed by atoms with Crippen molar-refractivity contribution in [2.75, 3.05) is 6.54 Å². The average Bonchev–Trinajstić information content (AvgIpc) is 2.71. The molecule has 0 aliphatic heterocycles. The summed E-state index contributed by atoms with van der Waals surface area (Å²) in [6.07, 6.45) is 0.582. The Hall–Kier alpha value is -2.16. The summed E-state index contributed by atoms with van der Waals surface area (Å²) in [6, 6.07) is -1.68. The van der Waals surface area contributed by atoms with Crippen LogP contribution >= 0.6 is 11.3 Å². The molecule has 0 aliphatic rings. The van der Waals surface area contributed by atoms with E-state index in [1.54, 1.807) is 13.8 Å². The first-order valence-corrected chi connectivity index (χ1v) is 7.14. The van der Waals surface area contributed by atoms with Gasteiger partial charge in [0.2, 0.25) is 0 Å². The smallest absolute Gasteiger partial charge is 0.326 e. The molecule has 1 aromatic rings. The summed E-state index contributed by atoms with van der Waals surface area (Å²) in [6.45, 7) is 3.73. The van der Waals surface area contributed by atoms with Gasteiger partial charge in [-0.25, -0.2) is 14.6 Å². The molecule has 1 unspecified atom stereocenters. The van der Waals surface area contributed by atoms with Crippen molar-refractivity contribution in [3.8, 4) is 0 Å². The Morgan fingerprint density at radius 3 is 2.52 bits per heavy atom. The van der Waals surface area contributed by atoms with Crippen LogP contribution in [0.5, 0.6) is 0 Å². The van der Waals surface area contributed by atoms with Crippen LogP contribution in [-0.4, -0.2) is 40.6 Å². The number of aromatic nitrogens is 1. The summed E-state index contributed by atoms with van der Waals surface area (Å²) in [5, 5.41) is 14.7. The predicted octanol–water partition coefficient (Wildman–Crippen LogP) is 0.391. The Balaban J connectivity index is 2.58. The fraction of sp³-hybridized carbons (Fsp3) is 0.500. The Kier molecular flexibility index (Phi) is 6.10. The first-order chi connectivity index (χ1) is 9.81. The van der Waals surface area contributed by atoms with Crippen LogP contribution in [-0.2, 0) is 4.79 Å². The molecule has 1 atom stereocenters. The van der Waals surface area contributed by atoms with Crippen LogP contribution in [0.2, 0.25) is 0 Å². The number of thiazole rings is 1. The van der Waals surface area contributed by atoms with E-state index >= 15 is 0 Å². The molecule has 0 fully saturated rings. The van der Waals surface area contributed by atoms with Crippen molar-refractivity contribution in [1.29, 1.82) is 0 Å². The molecule has 1 aromatic heterocycles. The average molecular weight is 314 g/mol. The summed E-state index contributed by atoms with van der Waals surface area (Å²) in [4.78, 5) is 38.2. The third-order valence-electron chi connectivity index (χ3n) is 2.68. The largest absolute Gasteiger partial charge is 0.480 e. The molecule has 21 heavy (non-hydrogen) atoms. The number of aliphatic carboxylic acids is 1. The van der Waals surface area contributed by atoms with Crippen molar-refractivity contribution in [3.05, 3.63) is 15.6 Å². The number of carboxylic acids is 1. The fourth-order valence-corrected chi connectivity index (χ4v) is 2.56. The molecular weight excluding hydrogens is 296 g/mol. The summed E-state index contributed by atoms with van der Waals surface area (Å²) < 4.78 is 0. The lowest BCUT2D eigenvalue weighted by molar-refractivity contribution is -0.139. The second-order valence-corrected chi connectivity index (χ2v) is 5.65. The molecule has 3 amide bonds. The third kappa shape index (κ3) is 5.38. The second-order valence-electron chi connectivity index (χ2n) is 4.44. The number of nitrogens with zero attached hydrogens (tertiary/aromatic N) is 1. The van der Waals surface area contributed by atoms with Gasteiger partial charge in [-0.05, 0) is 26.7 Å². The third-order valence-corrected chi connectivity index (χ3v) is 3.75. The quantitative estimate of drug-likeness (QED) is 0.540. The second kappa shape index (κ2) is 7.58. The molecule has 0 aliphatic carbocycles. The molecule has 5 N–H and O–H groups in total. The van der Waals surface area contributed by atoms with Gasteiger partial charge in [-0.15, -0.1) is 11.3 Å². The maximum Gasteiger partial charge on any atom is 0.326 e. The minimum Gasteiger partial charge on any atom is -0.480 e. The number of amides is 3. The van der Waals surface area contributed by atoms with Crippen LogP contribution in [0.3, 0.4) is 0 Å². The molecule has 0 saturated carbocycles. The Morgan fingerprint density at radius 1 is 1.38 bits per heavy atom. The SMILES string of the molecule is Cc1nc(C)c(C(=O)NC(CCCNC(N)=O)C(=O)O)s1. The van der Waals surface area contributed by atoms with E-state index in [0.29, 0.717) is 17.0 Å².